The van der Waals surface area contributed by atoms with E-state index in [1.807, 2.05) is 6.92 Å². The molecule has 2 unspecified atom stereocenters. The van der Waals surface area contributed by atoms with Gasteiger partial charge in [-0.2, -0.15) is 0 Å². The molecule has 5 nitrogen and oxygen atoms in total. The first-order valence-corrected chi connectivity index (χ1v) is 9.40. The zero-order valence-corrected chi connectivity index (χ0v) is 16.1. The molecule has 1 aliphatic heterocycles. The molecule has 0 amide bonds. The Morgan fingerprint density at radius 2 is 2.20 bits per heavy atom. The van der Waals surface area contributed by atoms with Gasteiger partial charge in [0.1, 0.15) is 17.4 Å². The van der Waals surface area contributed by atoms with Gasteiger partial charge in [-0.1, -0.05) is 31.4 Å². The number of anilines is 1. The molecule has 1 aromatic carbocycles. The summed E-state index contributed by atoms with van der Waals surface area (Å²) in [7, 11) is 1.49. The van der Waals surface area contributed by atoms with Crippen LogP contribution >= 0.6 is 11.6 Å². The summed E-state index contributed by atoms with van der Waals surface area (Å²) in [6.45, 7) is 7.37. The Balaban J connectivity index is 1.94. The normalized spacial score (nSPS) is 19.0. The van der Waals surface area contributed by atoms with Gasteiger partial charge in [0.15, 0.2) is 0 Å². The summed E-state index contributed by atoms with van der Waals surface area (Å²) in [6.07, 6.45) is 4.64. The molecule has 1 fully saturated rings. The molecule has 0 bridgehead atoms. The minimum atomic E-state index is -0.421. The number of carbonyl (C=O) groups is 1. The third-order valence-electron chi connectivity index (χ3n) is 4.88. The highest BCUT2D eigenvalue weighted by Gasteiger charge is 2.30. The highest BCUT2D eigenvalue weighted by Crippen LogP contribution is 2.30. The second kappa shape index (κ2) is 9.30. The van der Waals surface area contributed by atoms with Crippen LogP contribution in [0.1, 0.15) is 49.9 Å². The average Bonchev–Trinajstić information content (AvgIpc) is 3.06. The number of ether oxygens (including phenoxy) is 2. The zero-order valence-electron chi connectivity index (χ0n) is 15.4. The predicted octanol–water partition coefficient (Wildman–Crippen LogP) is 3.99. The molecule has 1 aliphatic rings. The second-order valence-electron chi connectivity index (χ2n) is 6.74. The Labute approximate surface area is 155 Å². The monoisotopic (exact) mass is 368 g/mol. The predicted molar refractivity (Wildman–Crippen MR) is 101 cm³/mol. The maximum absolute atomic E-state index is 12.5. The van der Waals surface area contributed by atoms with Gasteiger partial charge in [0.05, 0.1) is 17.8 Å². The van der Waals surface area contributed by atoms with E-state index >= 15 is 0 Å². The highest BCUT2D eigenvalue weighted by molar-refractivity contribution is 6.33. The molecule has 1 heterocycles. The van der Waals surface area contributed by atoms with Gasteiger partial charge in [-0.25, -0.2) is 4.79 Å². The summed E-state index contributed by atoms with van der Waals surface area (Å²) >= 11 is 6.04. The van der Waals surface area contributed by atoms with Crippen LogP contribution in [0.4, 0.5) is 5.69 Å². The summed E-state index contributed by atoms with van der Waals surface area (Å²) in [5, 5.41) is 0.323. The number of nitrogen functional groups attached to an aromatic ring is 1. The Bertz CT molecular complexity index is 594. The van der Waals surface area contributed by atoms with Crippen molar-refractivity contribution in [3.8, 4) is 5.75 Å². The fourth-order valence-electron chi connectivity index (χ4n) is 3.26. The minimum Gasteiger partial charge on any atom is -0.496 e. The van der Waals surface area contributed by atoms with E-state index in [0.717, 1.165) is 26.1 Å². The van der Waals surface area contributed by atoms with Crippen molar-refractivity contribution >= 4 is 23.3 Å². The van der Waals surface area contributed by atoms with E-state index in [-0.39, 0.29) is 6.10 Å². The second-order valence-corrected chi connectivity index (χ2v) is 7.15. The molecule has 2 rings (SSSR count). The van der Waals surface area contributed by atoms with Crippen LogP contribution in [0.25, 0.3) is 0 Å². The number of nitrogens with two attached hydrogens (primary N) is 1. The number of hydrogen-bond acceptors (Lipinski definition) is 5. The number of unbranched alkanes of at least 4 members (excludes halogenated alkanes) is 2. The van der Waals surface area contributed by atoms with Crippen LogP contribution < -0.4 is 10.5 Å². The summed E-state index contributed by atoms with van der Waals surface area (Å²) in [6, 6.07) is 3.06. The van der Waals surface area contributed by atoms with E-state index in [1.54, 1.807) is 6.07 Å². The maximum atomic E-state index is 12.5. The smallest absolute Gasteiger partial charge is 0.342 e. The van der Waals surface area contributed by atoms with E-state index in [2.05, 4.69) is 11.8 Å². The molecular weight excluding hydrogens is 340 g/mol. The number of nitrogens with zero attached hydrogens (tertiary/aromatic N) is 1. The van der Waals surface area contributed by atoms with Crippen LogP contribution in [-0.2, 0) is 4.74 Å². The molecule has 0 aliphatic carbocycles. The van der Waals surface area contributed by atoms with Crippen molar-refractivity contribution < 1.29 is 14.3 Å². The van der Waals surface area contributed by atoms with E-state index in [9.17, 15) is 4.79 Å². The first-order chi connectivity index (χ1) is 12.0. The van der Waals surface area contributed by atoms with Crippen LogP contribution in [0, 0.1) is 5.92 Å². The van der Waals surface area contributed by atoms with Crippen molar-refractivity contribution in [3.63, 3.8) is 0 Å². The van der Waals surface area contributed by atoms with Crippen LogP contribution in [0.2, 0.25) is 5.02 Å². The van der Waals surface area contributed by atoms with E-state index in [0.29, 0.717) is 27.9 Å². The lowest BCUT2D eigenvalue weighted by Gasteiger charge is -2.21. The fourth-order valence-corrected chi connectivity index (χ4v) is 3.42. The highest BCUT2D eigenvalue weighted by atomic mass is 35.5. The molecule has 0 radical (unpaired) electrons. The third-order valence-corrected chi connectivity index (χ3v) is 5.21. The van der Waals surface area contributed by atoms with Crippen molar-refractivity contribution in [1.29, 1.82) is 0 Å². The lowest BCUT2D eigenvalue weighted by molar-refractivity contribution is 0.0203. The van der Waals surface area contributed by atoms with E-state index in [4.69, 9.17) is 26.8 Å². The number of rotatable bonds is 8. The number of carbonyl (C=O) groups excluding carboxylic acids is 1. The van der Waals surface area contributed by atoms with Crippen LogP contribution in [0.3, 0.4) is 0 Å². The third kappa shape index (κ3) is 5.25. The fraction of sp³-hybridized carbons (Fsp3) is 0.632. The molecule has 0 aromatic heterocycles. The standard InChI is InChI=1S/C19H29ClN2O3/c1-4-5-6-8-22-9-7-14(12-22)13(2)25-19(23)15-10-16(20)17(21)11-18(15)24-3/h10-11,13-14H,4-9,12,21H2,1-3H3. The minimum absolute atomic E-state index is 0.148. The van der Waals surface area contributed by atoms with Crippen molar-refractivity contribution in [1.82, 2.24) is 4.90 Å². The van der Waals surface area contributed by atoms with Gasteiger partial charge in [0, 0.05) is 18.5 Å². The number of benzene rings is 1. The van der Waals surface area contributed by atoms with E-state index in [1.165, 1.54) is 32.4 Å². The average molecular weight is 369 g/mol. The van der Waals surface area contributed by atoms with Crippen molar-refractivity contribution in [2.24, 2.45) is 5.92 Å². The maximum Gasteiger partial charge on any atom is 0.342 e. The van der Waals surface area contributed by atoms with Crippen molar-refractivity contribution in [2.45, 2.75) is 45.6 Å². The van der Waals surface area contributed by atoms with Crippen molar-refractivity contribution in [2.75, 3.05) is 32.5 Å². The Hall–Kier alpha value is -1.46. The molecule has 0 saturated carbocycles. The summed E-state index contributed by atoms with van der Waals surface area (Å²) in [5.41, 5.74) is 6.45. The molecule has 6 heteroatoms. The molecular formula is C19H29ClN2O3. The van der Waals surface area contributed by atoms with Gasteiger partial charge in [-0.05, 0) is 38.9 Å². The molecule has 2 atom stereocenters. The number of likely N-dealkylation sites (tertiary alicyclic amines) is 1. The van der Waals surface area contributed by atoms with Gasteiger partial charge < -0.3 is 20.1 Å². The van der Waals surface area contributed by atoms with Gasteiger partial charge in [-0.3, -0.25) is 0 Å². The molecule has 140 valence electrons. The van der Waals surface area contributed by atoms with Gasteiger partial charge in [0.25, 0.3) is 0 Å². The van der Waals surface area contributed by atoms with Gasteiger partial charge in [0.2, 0.25) is 0 Å². The molecule has 1 saturated heterocycles. The lowest BCUT2D eigenvalue weighted by Crippen LogP contribution is -2.28. The largest absolute Gasteiger partial charge is 0.496 e. The summed E-state index contributed by atoms with van der Waals surface area (Å²) in [5.74, 6) is 0.322. The number of hydrogen-bond donors (Lipinski definition) is 1. The Morgan fingerprint density at radius 1 is 1.44 bits per heavy atom. The quantitative estimate of drug-likeness (QED) is 0.427. The van der Waals surface area contributed by atoms with Crippen LogP contribution in [0.15, 0.2) is 12.1 Å². The van der Waals surface area contributed by atoms with Gasteiger partial charge >= 0.3 is 5.97 Å². The summed E-state index contributed by atoms with van der Waals surface area (Å²) in [4.78, 5) is 15.0. The van der Waals surface area contributed by atoms with Gasteiger partial charge in [-0.15, -0.1) is 0 Å². The van der Waals surface area contributed by atoms with Crippen LogP contribution in [-0.4, -0.2) is 43.7 Å². The molecule has 0 spiro atoms. The van der Waals surface area contributed by atoms with Crippen molar-refractivity contribution in [3.05, 3.63) is 22.7 Å². The zero-order chi connectivity index (χ0) is 18.4. The number of methoxy groups -OCH3 is 1. The van der Waals surface area contributed by atoms with Crippen LogP contribution in [0.5, 0.6) is 5.75 Å². The molecule has 1 aromatic rings. The molecule has 25 heavy (non-hydrogen) atoms. The Kier molecular flexibility index (Phi) is 7.38. The SMILES string of the molecule is CCCCCN1CCC(C(C)OC(=O)c2cc(Cl)c(N)cc2OC)C1. The topological polar surface area (TPSA) is 64.8 Å². The first kappa shape index (κ1) is 19.9. The van der Waals surface area contributed by atoms with E-state index < -0.39 is 5.97 Å². The number of halogens is 1. The first-order valence-electron chi connectivity index (χ1n) is 9.02. The lowest BCUT2D eigenvalue weighted by atomic mass is 10.0. The number of esters is 1. The molecule has 2 N–H and O–H groups in total. The Morgan fingerprint density at radius 3 is 2.88 bits per heavy atom. The summed E-state index contributed by atoms with van der Waals surface area (Å²) < 4.78 is 10.9.